The van der Waals surface area contributed by atoms with Gasteiger partial charge >= 0.3 is 0 Å². The number of thiophene rings is 1. The molecule has 0 atom stereocenters. The van der Waals surface area contributed by atoms with Crippen molar-refractivity contribution in [2.24, 2.45) is 0 Å². The topological polar surface area (TPSA) is 60.6 Å². The lowest BCUT2D eigenvalue weighted by Crippen LogP contribution is -2.48. The molecule has 7 aromatic rings. The van der Waals surface area contributed by atoms with Crippen LogP contribution in [0.25, 0.3) is 21.8 Å². The largest absolute Gasteiger partial charge is 0.357 e. The smallest absolute Gasteiger partial charge is 0.0549 e. The zero-order chi connectivity index (χ0) is 32.6. The van der Waals surface area contributed by atoms with Crippen LogP contribution in [-0.4, -0.2) is 38.9 Å². The molecule has 0 aliphatic heterocycles. The van der Waals surface area contributed by atoms with Crippen molar-refractivity contribution in [3.8, 4) is 0 Å². The lowest BCUT2D eigenvalue weighted by atomic mass is 9.61. The van der Waals surface area contributed by atoms with Crippen molar-refractivity contribution >= 4 is 33.1 Å². The van der Waals surface area contributed by atoms with E-state index in [1.807, 2.05) is 36.1 Å². The number of nitrogens with zero attached hydrogens (tertiary/aromatic N) is 3. The molecular weight excluding hydrogens is 607 g/mol. The van der Waals surface area contributed by atoms with Gasteiger partial charge in [-0.05, 0) is 136 Å². The third-order valence-corrected chi connectivity index (χ3v) is 12.2. The van der Waals surface area contributed by atoms with Gasteiger partial charge in [-0.25, -0.2) is 0 Å². The van der Waals surface area contributed by atoms with Crippen molar-refractivity contribution in [2.75, 3.05) is 14.1 Å². The second kappa shape index (κ2) is 12.8. The number of pyridine rings is 2. The molecule has 0 unspecified atom stereocenters. The van der Waals surface area contributed by atoms with Crippen LogP contribution in [0.15, 0.2) is 115 Å². The maximum Gasteiger partial charge on any atom is 0.0549 e. The maximum atomic E-state index is 4.28. The van der Waals surface area contributed by atoms with Gasteiger partial charge in [0.2, 0.25) is 0 Å². The highest BCUT2D eigenvalue weighted by Gasteiger charge is 2.50. The number of aryl methyl sites for hydroxylation is 4. The third-order valence-electron chi connectivity index (χ3n) is 11.2. The zero-order valence-electron chi connectivity index (χ0n) is 27.9. The van der Waals surface area contributed by atoms with Crippen LogP contribution in [-0.2, 0) is 36.6 Å². The first-order valence-electron chi connectivity index (χ1n) is 17.3. The first kappa shape index (κ1) is 30.8. The van der Waals surface area contributed by atoms with Crippen LogP contribution in [0.5, 0.6) is 0 Å². The van der Waals surface area contributed by atoms with E-state index in [9.17, 15) is 0 Å². The van der Waals surface area contributed by atoms with E-state index >= 15 is 0 Å². The zero-order valence-corrected chi connectivity index (χ0v) is 28.7. The molecule has 0 spiro atoms. The highest BCUT2D eigenvalue weighted by atomic mass is 32.1. The summed E-state index contributed by atoms with van der Waals surface area (Å²) in [6.45, 7) is 0. The molecule has 1 fully saturated rings. The number of benzene rings is 2. The van der Waals surface area contributed by atoms with Crippen molar-refractivity contribution in [3.63, 3.8) is 0 Å². The molecule has 8 rings (SSSR count). The number of rotatable bonds is 10. The molecule has 2 aromatic carbocycles. The van der Waals surface area contributed by atoms with Crippen molar-refractivity contribution in [3.05, 3.63) is 154 Å². The molecule has 48 heavy (non-hydrogen) atoms. The molecule has 6 heteroatoms. The molecule has 1 aliphatic rings. The van der Waals surface area contributed by atoms with Crippen LogP contribution in [0.3, 0.4) is 0 Å². The average molecular weight is 650 g/mol. The number of para-hydroxylation sites is 2. The summed E-state index contributed by atoms with van der Waals surface area (Å²) in [5.74, 6) is 0. The van der Waals surface area contributed by atoms with Gasteiger partial charge in [-0.2, -0.15) is 0 Å². The Morgan fingerprint density at radius 3 is 1.56 bits per heavy atom. The van der Waals surface area contributed by atoms with Gasteiger partial charge in [0.25, 0.3) is 0 Å². The van der Waals surface area contributed by atoms with Crippen LogP contribution in [0, 0.1) is 0 Å². The quantitative estimate of drug-likeness (QED) is 0.155. The Balaban J connectivity index is 1.31. The number of fused-ring (bicyclic) bond motifs is 2. The summed E-state index contributed by atoms with van der Waals surface area (Å²) in [6.07, 6.45) is 15.8. The maximum absolute atomic E-state index is 4.28. The minimum atomic E-state index is -0.198. The first-order chi connectivity index (χ1) is 23.6. The fourth-order valence-corrected chi connectivity index (χ4v) is 9.61. The van der Waals surface area contributed by atoms with E-state index < -0.39 is 0 Å². The minimum Gasteiger partial charge on any atom is -0.357 e. The Labute approximate surface area is 287 Å². The van der Waals surface area contributed by atoms with E-state index in [2.05, 4.69) is 129 Å². The molecule has 1 aliphatic carbocycles. The molecular formula is C42H43N5S. The molecule has 5 heterocycles. The summed E-state index contributed by atoms with van der Waals surface area (Å²) in [4.78, 5) is 20.7. The van der Waals surface area contributed by atoms with E-state index in [0.717, 1.165) is 51.4 Å². The fourth-order valence-electron chi connectivity index (χ4n) is 8.55. The Hall–Kier alpha value is -4.52. The molecule has 5 nitrogen and oxygen atoms in total. The number of hydrogen-bond donors (Lipinski definition) is 2. The Bertz CT molecular complexity index is 1990. The molecule has 242 valence electrons. The second-order valence-electron chi connectivity index (χ2n) is 13.7. The second-order valence-corrected chi connectivity index (χ2v) is 14.7. The lowest BCUT2D eigenvalue weighted by Gasteiger charge is -2.49. The van der Waals surface area contributed by atoms with E-state index in [0.29, 0.717) is 0 Å². The van der Waals surface area contributed by atoms with Crippen LogP contribution in [0.2, 0.25) is 0 Å². The summed E-state index contributed by atoms with van der Waals surface area (Å²) in [5, 5.41) is 4.93. The lowest BCUT2D eigenvalue weighted by molar-refractivity contribution is 0.0760. The van der Waals surface area contributed by atoms with Gasteiger partial charge in [0, 0.05) is 62.9 Å². The van der Waals surface area contributed by atoms with Gasteiger partial charge in [-0.15, -0.1) is 11.3 Å². The van der Waals surface area contributed by atoms with Crippen LogP contribution < -0.4 is 0 Å². The Morgan fingerprint density at radius 2 is 1.10 bits per heavy atom. The summed E-state index contributed by atoms with van der Waals surface area (Å²) in [5.41, 5.74) is 10.6. The average Bonchev–Trinajstić information content (AvgIpc) is 3.89. The normalized spacial score (nSPS) is 15.8. The highest BCUT2D eigenvalue weighted by Crippen LogP contribution is 2.55. The van der Waals surface area contributed by atoms with Crippen molar-refractivity contribution in [2.45, 2.75) is 62.3 Å². The first-order valence-corrected chi connectivity index (χ1v) is 18.1. The van der Waals surface area contributed by atoms with E-state index in [4.69, 9.17) is 0 Å². The Morgan fingerprint density at radius 1 is 0.604 bits per heavy atom. The number of nitrogens with one attached hydrogen (secondary N) is 2. The number of hydrogen-bond acceptors (Lipinski definition) is 4. The third kappa shape index (κ3) is 5.37. The molecule has 0 radical (unpaired) electrons. The number of H-pyrrole nitrogens is 2. The van der Waals surface area contributed by atoms with E-state index in [1.165, 1.54) is 60.3 Å². The molecule has 5 aromatic heterocycles. The molecule has 1 saturated carbocycles. The van der Waals surface area contributed by atoms with Gasteiger partial charge in [-0.3, -0.25) is 14.9 Å². The molecule has 0 saturated heterocycles. The van der Waals surface area contributed by atoms with Gasteiger partial charge in [-0.1, -0.05) is 42.5 Å². The van der Waals surface area contributed by atoms with Gasteiger partial charge < -0.3 is 9.97 Å². The van der Waals surface area contributed by atoms with Crippen LogP contribution >= 0.6 is 11.3 Å². The summed E-state index contributed by atoms with van der Waals surface area (Å²) >= 11 is 1.91. The van der Waals surface area contributed by atoms with Gasteiger partial charge in [0.05, 0.1) is 11.0 Å². The Kier molecular flexibility index (Phi) is 8.23. The van der Waals surface area contributed by atoms with E-state index in [-0.39, 0.29) is 11.0 Å². The van der Waals surface area contributed by atoms with Crippen LogP contribution in [0.4, 0.5) is 0 Å². The molecule has 2 N–H and O–H groups in total. The monoisotopic (exact) mass is 649 g/mol. The number of aromatic amines is 2. The van der Waals surface area contributed by atoms with Crippen LogP contribution in [0.1, 0.15) is 64.2 Å². The summed E-state index contributed by atoms with van der Waals surface area (Å²) in [7, 11) is 4.55. The minimum absolute atomic E-state index is 0.0180. The molecule has 0 bridgehead atoms. The predicted molar refractivity (Wildman–Crippen MR) is 199 cm³/mol. The standard InChI is InChI=1S/C42H43N5S/c1-47(2)42(38-12-7-29-48-38)23-21-41(22-24-42,39-34(15-13-30-17-25-43-26-18-30)32-8-3-5-10-36(32)45-39)40-35(16-14-31-19-27-44-28-20-31)33-9-4-6-11-37(33)46-40/h3-12,17-20,25-29,45-46H,13-16,21-24H2,1-2H3. The predicted octanol–water partition coefficient (Wildman–Crippen LogP) is 9.39. The van der Waals surface area contributed by atoms with Crippen molar-refractivity contribution < 1.29 is 0 Å². The van der Waals surface area contributed by atoms with Crippen molar-refractivity contribution in [1.29, 1.82) is 0 Å². The van der Waals surface area contributed by atoms with Gasteiger partial charge in [0.1, 0.15) is 0 Å². The SMILES string of the molecule is CN(C)C1(c2cccs2)CCC(c2[nH]c3ccccc3c2CCc2ccncc2)(c2[nH]c3ccccc3c2CCc2ccncc2)CC1. The highest BCUT2D eigenvalue weighted by molar-refractivity contribution is 7.10. The van der Waals surface area contributed by atoms with Crippen molar-refractivity contribution in [1.82, 2.24) is 24.8 Å². The number of aromatic nitrogens is 4. The summed E-state index contributed by atoms with van der Waals surface area (Å²) in [6, 6.07) is 31.1. The van der Waals surface area contributed by atoms with Gasteiger partial charge in [0.15, 0.2) is 0 Å². The fraction of sp³-hybridized carbons (Fsp3) is 0.286. The summed E-state index contributed by atoms with van der Waals surface area (Å²) < 4.78 is 0. The molecule has 0 amide bonds. The van der Waals surface area contributed by atoms with E-state index in [1.54, 1.807) is 0 Å².